The lowest BCUT2D eigenvalue weighted by Gasteiger charge is -2.15. The molecule has 0 N–H and O–H groups in total. The van der Waals surface area contributed by atoms with Crippen LogP contribution in [0.3, 0.4) is 0 Å². The van der Waals surface area contributed by atoms with Gasteiger partial charge in [0.05, 0.1) is 18.1 Å². The standard InChI is InChI=1S/C12H15FN2O4/c1-3-19-12(16)8-14(2)7-9-6-10(13)4-5-11(9)15(17)18/h4-6H,3,7-8H2,1-2H3. The summed E-state index contributed by atoms with van der Waals surface area (Å²) in [5.74, 6) is -0.978. The van der Waals surface area contributed by atoms with Gasteiger partial charge in [-0.2, -0.15) is 0 Å². The van der Waals surface area contributed by atoms with Gasteiger partial charge in [0.1, 0.15) is 5.82 Å². The lowest BCUT2D eigenvalue weighted by atomic mass is 10.1. The minimum atomic E-state index is -0.576. The fraction of sp³-hybridized carbons (Fsp3) is 0.417. The van der Waals surface area contributed by atoms with Crippen LogP contribution >= 0.6 is 0 Å². The molecular formula is C12H15FN2O4. The van der Waals surface area contributed by atoms with Gasteiger partial charge in [-0.1, -0.05) is 0 Å². The van der Waals surface area contributed by atoms with Crippen molar-refractivity contribution in [1.82, 2.24) is 4.90 Å². The lowest BCUT2D eigenvalue weighted by Crippen LogP contribution is -2.27. The molecule has 1 aromatic carbocycles. The zero-order valence-electron chi connectivity index (χ0n) is 10.8. The lowest BCUT2D eigenvalue weighted by molar-refractivity contribution is -0.385. The zero-order valence-corrected chi connectivity index (χ0v) is 10.8. The van der Waals surface area contributed by atoms with E-state index in [1.54, 1.807) is 14.0 Å². The molecule has 6 nitrogen and oxygen atoms in total. The second-order valence-electron chi connectivity index (χ2n) is 4.01. The number of halogens is 1. The highest BCUT2D eigenvalue weighted by Crippen LogP contribution is 2.20. The predicted octanol–water partition coefficient (Wildman–Crippen LogP) is 1.73. The molecule has 0 aliphatic rings. The van der Waals surface area contributed by atoms with Gasteiger partial charge in [0.15, 0.2) is 0 Å². The van der Waals surface area contributed by atoms with Crippen molar-refractivity contribution in [3.8, 4) is 0 Å². The number of nitro groups is 1. The zero-order chi connectivity index (χ0) is 14.4. The first-order valence-electron chi connectivity index (χ1n) is 5.71. The highest BCUT2D eigenvalue weighted by molar-refractivity contribution is 5.71. The van der Waals surface area contributed by atoms with E-state index < -0.39 is 16.7 Å². The molecule has 1 aromatic rings. The molecule has 104 valence electrons. The average molecular weight is 270 g/mol. The van der Waals surface area contributed by atoms with Crippen molar-refractivity contribution in [1.29, 1.82) is 0 Å². The Bertz CT molecular complexity index is 479. The summed E-state index contributed by atoms with van der Waals surface area (Å²) in [6, 6.07) is 3.25. The van der Waals surface area contributed by atoms with E-state index >= 15 is 0 Å². The van der Waals surface area contributed by atoms with Crippen molar-refractivity contribution >= 4 is 11.7 Å². The van der Waals surface area contributed by atoms with Crippen LogP contribution in [-0.4, -0.2) is 36.0 Å². The molecule has 0 unspecified atom stereocenters. The second kappa shape index (κ2) is 6.79. The number of nitro benzene ring substituents is 1. The van der Waals surface area contributed by atoms with E-state index in [1.165, 1.54) is 4.90 Å². The van der Waals surface area contributed by atoms with Crippen molar-refractivity contribution in [3.63, 3.8) is 0 Å². The Morgan fingerprint density at radius 2 is 2.21 bits per heavy atom. The maximum absolute atomic E-state index is 13.1. The number of carbonyl (C=O) groups is 1. The highest BCUT2D eigenvalue weighted by Gasteiger charge is 2.17. The molecule has 0 atom stereocenters. The third kappa shape index (κ3) is 4.63. The fourth-order valence-electron chi connectivity index (χ4n) is 1.63. The Morgan fingerprint density at radius 3 is 2.79 bits per heavy atom. The Morgan fingerprint density at radius 1 is 1.53 bits per heavy atom. The van der Waals surface area contributed by atoms with Crippen LogP contribution in [0, 0.1) is 15.9 Å². The third-order valence-electron chi connectivity index (χ3n) is 2.38. The molecule has 19 heavy (non-hydrogen) atoms. The predicted molar refractivity (Wildman–Crippen MR) is 66.0 cm³/mol. The molecular weight excluding hydrogens is 255 g/mol. The Hall–Kier alpha value is -2.02. The van der Waals surface area contributed by atoms with E-state index in [9.17, 15) is 19.3 Å². The molecule has 0 spiro atoms. The summed E-state index contributed by atoms with van der Waals surface area (Å²) in [5, 5.41) is 10.8. The van der Waals surface area contributed by atoms with Gasteiger partial charge in [-0.25, -0.2) is 4.39 Å². The Balaban J connectivity index is 2.78. The monoisotopic (exact) mass is 270 g/mol. The van der Waals surface area contributed by atoms with E-state index in [0.29, 0.717) is 0 Å². The third-order valence-corrected chi connectivity index (χ3v) is 2.38. The second-order valence-corrected chi connectivity index (χ2v) is 4.01. The number of esters is 1. The van der Waals surface area contributed by atoms with Gasteiger partial charge in [0, 0.05) is 18.2 Å². The normalized spacial score (nSPS) is 10.5. The van der Waals surface area contributed by atoms with Gasteiger partial charge in [0.25, 0.3) is 5.69 Å². The van der Waals surface area contributed by atoms with Crippen molar-refractivity contribution in [2.75, 3.05) is 20.2 Å². The van der Waals surface area contributed by atoms with Gasteiger partial charge in [-0.15, -0.1) is 0 Å². The quantitative estimate of drug-likeness (QED) is 0.447. The van der Waals surface area contributed by atoms with Crippen LogP contribution in [0.4, 0.5) is 10.1 Å². The van der Waals surface area contributed by atoms with Gasteiger partial charge in [-0.3, -0.25) is 19.8 Å². The minimum Gasteiger partial charge on any atom is -0.465 e. The number of likely N-dealkylation sites (N-methyl/N-ethyl adjacent to an activating group) is 1. The van der Waals surface area contributed by atoms with Crippen LogP contribution in [0.1, 0.15) is 12.5 Å². The molecule has 0 aliphatic heterocycles. The van der Waals surface area contributed by atoms with E-state index in [2.05, 4.69) is 0 Å². The van der Waals surface area contributed by atoms with E-state index in [0.717, 1.165) is 18.2 Å². The smallest absolute Gasteiger partial charge is 0.320 e. The van der Waals surface area contributed by atoms with Gasteiger partial charge < -0.3 is 4.74 Å². The van der Waals surface area contributed by atoms with Crippen LogP contribution in [-0.2, 0) is 16.1 Å². The molecule has 0 radical (unpaired) electrons. The molecule has 0 saturated carbocycles. The van der Waals surface area contributed by atoms with Crippen molar-refractivity contribution in [3.05, 3.63) is 39.7 Å². The number of carbonyl (C=O) groups excluding carboxylic acids is 1. The SMILES string of the molecule is CCOC(=O)CN(C)Cc1cc(F)ccc1[N+](=O)[O-]. The van der Waals surface area contributed by atoms with Gasteiger partial charge in [-0.05, 0) is 26.1 Å². The average Bonchev–Trinajstić information content (AvgIpc) is 2.28. The van der Waals surface area contributed by atoms with Crippen LogP contribution in [0.15, 0.2) is 18.2 Å². The summed E-state index contributed by atoms with van der Waals surface area (Å²) in [6.07, 6.45) is 0. The number of nitrogens with zero attached hydrogens (tertiary/aromatic N) is 2. The molecule has 0 bridgehead atoms. The maximum Gasteiger partial charge on any atom is 0.320 e. The molecule has 0 saturated heterocycles. The highest BCUT2D eigenvalue weighted by atomic mass is 19.1. The molecule has 0 aromatic heterocycles. The number of hydrogen-bond acceptors (Lipinski definition) is 5. The molecule has 0 heterocycles. The van der Waals surface area contributed by atoms with E-state index in [-0.39, 0.29) is 30.9 Å². The van der Waals surface area contributed by atoms with Crippen LogP contribution in [0.25, 0.3) is 0 Å². The molecule has 0 amide bonds. The summed E-state index contributed by atoms with van der Waals surface area (Å²) >= 11 is 0. The Labute approximate surface area is 109 Å². The van der Waals surface area contributed by atoms with Crippen molar-refractivity contribution in [2.24, 2.45) is 0 Å². The van der Waals surface area contributed by atoms with Gasteiger partial charge >= 0.3 is 5.97 Å². The first kappa shape index (κ1) is 15.0. The van der Waals surface area contributed by atoms with E-state index in [4.69, 9.17) is 4.74 Å². The van der Waals surface area contributed by atoms with Crippen LogP contribution in [0.2, 0.25) is 0 Å². The van der Waals surface area contributed by atoms with Crippen molar-refractivity contribution < 1.29 is 18.8 Å². The van der Waals surface area contributed by atoms with Crippen LogP contribution < -0.4 is 0 Å². The summed E-state index contributed by atoms with van der Waals surface area (Å²) in [7, 11) is 1.60. The minimum absolute atomic E-state index is 0.0124. The summed E-state index contributed by atoms with van der Waals surface area (Å²) < 4.78 is 17.9. The number of rotatable bonds is 6. The van der Waals surface area contributed by atoms with Crippen molar-refractivity contribution in [2.45, 2.75) is 13.5 Å². The fourth-order valence-corrected chi connectivity index (χ4v) is 1.63. The van der Waals surface area contributed by atoms with E-state index in [1.807, 2.05) is 0 Å². The van der Waals surface area contributed by atoms with Gasteiger partial charge in [0.2, 0.25) is 0 Å². The molecule has 7 heteroatoms. The first-order chi connectivity index (χ1) is 8.93. The maximum atomic E-state index is 13.1. The summed E-state index contributed by atoms with van der Waals surface area (Å²) in [6.45, 7) is 2.04. The van der Waals surface area contributed by atoms with Crippen LogP contribution in [0.5, 0.6) is 0 Å². The number of benzene rings is 1. The molecule has 0 aliphatic carbocycles. The number of hydrogen-bond donors (Lipinski definition) is 0. The molecule has 1 rings (SSSR count). The molecule has 0 fully saturated rings. The Kier molecular flexibility index (Phi) is 5.37. The summed E-state index contributed by atoms with van der Waals surface area (Å²) in [4.78, 5) is 23.0. The first-order valence-corrected chi connectivity index (χ1v) is 5.71. The number of ether oxygens (including phenoxy) is 1. The largest absolute Gasteiger partial charge is 0.465 e. The summed E-state index contributed by atoms with van der Waals surface area (Å²) in [5.41, 5.74) is 0.0499. The topological polar surface area (TPSA) is 72.7 Å².